The number of carbonyl (C=O) groups is 1. The third-order valence-corrected chi connectivity index (χ3v) is 4.17. The second-order valence-corrected chi connectivity index (χ2v) is 5.79. The standard InChI is InChI=1S/C18H17FN4O/c19-16-8-13(9-20)3-4-17(16)23-7-5-15(12-23)18(24)22-11-14-2-1-6-21-10-14/h1-4,6,8,10,15H,5,7,11-12H2,(H,22,24). The predicted molar refractivity (Wildman–Crippen MR) is 87.5 cm³/mol. The minimum Gasteiger partial charge on any atom is -0.368 e. The van der Waals surface area contributed by atoms with Gasteiger partial charge in [-0.2, -0.15) is 5.26 Å². The molecule has 1 atom stereocenters. The van der Waals surface area contributed by atoms with Crippen molar-refractivity contribution in [2.45, 2.75) is 13.0 Å². The first-order chi connectivity index (χ1) is 11.7. The maximum atomic E-state index is 14.1. The molecule has 1 aromatic heterocycles. The van der Waals surface area contributed by atoms with Crippen LogP contribution in [0.3, 0.4) is 0 Å². The van der Waals surface area contributed by atoms with Crippen molar-refractivity contribution in [3.63, 3.8) is 0 Å². The predicted octanol–water partition coefficient (Wildman–Crippen LogP) is 2.24. The van der Waals surface area contributed by atoms with Crippen LogP contribution in [-0.4, -0.2) is 24.0 Å². The Kier molecular flexibility index (Phi) is 4.71. The van der Waals surface area contributed by atoms with Crippen LogP contribution < -0.4 is 10.2 Å². The van der Waals surface area contributed by atoms with E-state index in [0.29, 0.717) is 37.3 Å². The molecule has 3 rings (SSSR count). The highest BCUT2D eigenvalue weighted by Crippen LogP contribution is 2.27. The number of hydrogen-bond donors (Lipinski definition) is 1. The Hall–Kier alpha value is -2.94. The molecule has 0 aliphatic carbocycles. The van der Waals surface area contributed by atoms with Gasteiger partial charge in [0, 0.05) is 32.0 Å². The van der Waals surface area contributed by atoms with Crippen molar-refractivity contribution >= 4 is 11.6 Å². The van der Waals surface area contributed by atoms with Gasteiger partial charge in [0.1, 0.15) is 5.82 Å². The molecule has 1 saturated heterocycles. The molecule has 24 heavy (non-hydrogen) atoms. The SMILES string of the molecule is N#Cc1ccc(N2CCC(C(=O)NCc3cccnc3)C2)c(F)c1. The van der Waals surface area contributed by atoms with Crippen molar-refractivity contribution in [3.8, 4) is 6.07 Å². The number of halogens is 1. The summed E-state index contributed by atoms with van der Waals surface area (Å²) in [5, 5.41) is 11.7. The van der Waals surface area contributed by atoms with Gasteiger partial charge in [-0.1, -0.05) is 6.07 Å². The van der Waals surface area contributed by atoms with Gasteiger partial charge in [-0.15, -0.1) is 0 Å². The molecule has 2 heterocycles. The second kappa shape index (κ2) is 7.09. The molecule has 1 unspecified atom stereocenters. The summed E-state index contributed by atoms with van der Waals surface area (Å²) in [5.74, 6) is -0.627. The highest BCUT2D eigenvalue weighted by atomic mass is 19.1. The number of hydrogen-bond acceptors (Lipinski definition) is 4. The van der Waals surface area contributed by atoms with E-state index in [-0.39, 0.29) is 11.8 Å². The summed E-state index contributed by atoms with van der Waals surface area (Å²) in [7, 11) is 0. The van der Waals surface area contributed by atoms with E-state index < -0.39 is 5.82 Å². The summed E-state index contributed by atoms with van der Waals surface area (Å²) in [6.07, 6.45) is 4.08. The molecule has 1 aliphatic heterocycles. The molecule has 1 N–H and O–H groups in total. The van der Waals surface area contributed by atoms with E-state index in [2.05, 4.69) is 10.3 Å². The van der Waals surface area contributed by atoms with Crippen LogP contribution in [0.25, 0.3) is 0 Å². The van der Waals surface area contributed by atoms with Crippen molar-refractivity contribution < 1.29 is 9.18 Å². The van der Waals surface area contributed by atoms with Crippen molar-refractivity contribution in [1.29, 1.82) is 5.26 Å². The van der Waals surface area contributed by atoms with E-state index in [1.165, 1.54) is 6.07 Å². The Morgan fingerprint density at radius 2 is 2.33 bits per heavy atom. The van der Waals surface area contributed by atoms with Crippen LogP contribution >= 0.6 is 0 Å². The van der Waals surface area contributed by atoms with Gasteiger partial charge in [0.05, 0.1) is 23.2 Å². The molecule has 2 aromatic rings. The zero-order valence-electron chi connectivity index (χ0n) is 13.1. The van der Waals surface area contributed by atoms with Crippen LogP contribution in [0.1, 0.15) is 17.5 Å². The average molecular weight is 324 g/mol. The number of nitriles is 1. The Morgan fingerprint density at radius 3 is 3.04 bits per heavy atom. The van der Waals surface area contributed by atoms with E-state index in [0.717, 1.165) is 5.56 Å². The number of anilines is 1. The lowest BCUT2D eigenvalue weighted by Gasteiger charge is -2.19. The summed E-state index contributed by atoms with van der Waals surface area (Å²) in [6.45, 7) is 1.53. The topological polar surface area (TPSA) is 69.0 Å². The summed E-state index contributed by atoms with van der Waals surface area (Å²) < 4.78 is 14.1. The van der Waals surface area contributed by atoms with Crippen LogP contribution in [-0.2, 0) is 11.3 Å². The lowest BCUT2D eigenvalue weighted by molar-refractivity contribution is -0.124. The first-order valence-electron chi connectivity index (χ1n) is 7.78. The van der Waals surface area contributed by atoms with Gasteiger partial charge in [0.2, 0.25) is 5.91 Å². The zero-order chi connectivity index (χ0) is 16.9. The molecule has 122 valence electrons. The fourth-order valence-corrected chi connectivity index (χ4v) is 2.86. The zero-order valence-corrected chi connectivity index (χ0v) is 13.1. The second-order valence-electron chi connectivity index (χ2n) is 5.79. The highest BCUT2D eigenvalue weighted by molar-refractivity contribution is 5.80. The molecular weight excluding hydrogens is 307 g/mol. The Morgan fingerprint density at radius 1 is 1.46 bits per heavy atom. The number of amides is 1. The quantitative estimate of drug-likeness (QED) is 0.936. The highest BCUT2D eigenvalue weighted by Gasteiger charge is 2.29. The van der Waals surface area contributed by atoms with Gasteiger partial charge in [-0.25, -0.2) is 4.39 Å². The van der Waals surface area contributed by atoms with E-state index in [9.17, 15) is 9.18 Å². The molecule has 5 nitrogen and oxygen atoms in total. The van der Waals surface area contributed by atoms with Gasteiger partial charge < -0.3 is 10.2 Å². The third kappa shape index (κ3) is 3.51. The number of benzene rings is 1. The maximum absolute atomic E-state index is 14.1. The molecule has 1 amide bonds. The number of nitrogens with one attached hydrogen (secondary N) is 1. The minimum absolute atomic E-state index is 0.0320. The number of pyridine rings is 1. The van der Waals surface area contributed by atoms with E-state index in [1.54, 1.807) is 24.5 Å². The van der Waals surface area contributed by atoms with Crippen LogP contribution in [0.2, 0.25) is 0 Å². The van der Waals surface area contributed by atoms with Gasteiger partial charge in [-0.05, 0) is 36.2 Å². The summed E-state index contributed by atoms with van der Waals surface area (Å²) in [4.78, 5) is 18.1. The molecule has 0 saturated carbocycles. The maximum Gasteiger partial charge on any atom is 0.225 e. The minimum atomic E-state index is -0.425. The first kappa shape index (κ1) is 15.9. The molecule has 1 aliphatic rings. The monoisotopic (exact) mass is 324 g/mol. The van der Waals surface area contributed by atoms with Crippen LogP contribution in [0.5, 0.6) is 0 Å². The number of rotatable bonds is 4. The van der Waals surface area contributed by atoms with Crippen LogP contribution in [0.4, 0.5) is 10.1 Å². The number of nitrogens with zero attached hydrogens (tertiary/aromatic N) is 3. The van der Waals surface area contributed by atoms with E-state index >= 15 is 0 Å². The Labute approximate surface area is 139 Å². The normalized spacial score (nSPS) is 16.7. The lowest BCUT2D eigenvalue weighted by Crippen LogP contribution is -2.32. The van der Waals surface area contributed by atoms with Gasteiger partial charge in [-0.3, -0.25) is 9.78 Å². The van der Waals surface area contributed by atoms with Gasteiger partial charge >= 0.3 is 0 Å². The summed E-state index contributed by atoms with van der Waals surface area (Å²) in [5.41, 5.74) is 1.68. The molecule has 6 heteroatoms. The lowest BCUT2D eigenvalue weighted by atomic mass is 10.1. The largest absolute Gasteiger partial charge is 0.368 e. The number of carbonyl (C=O) groups excluding carboxylic acids is 1. The number of aromatic nitrogens is 1. The first-order valence-corrected chi connectivity index (χ1v) is 7.78. The molecule has 1 fully saturated rings. The molecule has 0 bridgehead atoms. The van der Waals surface area contributed by atoms with Crippen LogP contribution in [0.15, 0.2) is 42.7 Å². The molecular formula is C18H17FN4O. The summed E-state index contributed by atoms with van der Waals surface area (Å²) in [6, 6.07) is 10.1. The summed E-state index contributed by atoms with van der Waals surface area (Å²) >= 11 is 0. The van der Waals surface area contributed by atoms with E-state index in [4.69, 9.17) is 5.26 Å². The van der Waals surface area contributed by atoms with Gasteiger partial charge in [0.15, 0.2) is 0 Å². The van der Waals surface area contributed by atoms with Gasteiger partial charge in [0.25, 0.3) is 0 Å². The van der Waals surface area contributed by atoms with Crippen molar-refractivity contribution in [1.82, 2.24) is 10.3 Å². The van der Waals surface area contributed by atoms with Crippen molar-refractivity contribution in [3.05, 3.63) is 59.7 Å². The smallest absolute Gasteiger partial charge is 0.225 e. The third-order valence-electron chi connectivity index (χ3n) is 4.17. The van der Waals surface area contributed by atoms with Crippen molar-refractivity contribution in [2.75, 3.05) is 18.0 Å². The molecule has 0 spiro atoms. The Bertz CT molecular complexity index is 772. The fourth-order valence-electron chi connectivity index (χ4n) is 2.86. The molecule has 1 aromatic carbocycles. The Balaban J connectivity index is 1.59. The van der Waals surface area contributed by atoms with Crippen molar-refractivity contribution in [2.24, 2.45) is 5.92 Å². The molecule has 0 radical (unpaired) electrons. The average Bonchev–Trinajstić information content (AvgIpc) is 3.10. The fraction of sp³-hybridized carbons (Fsp3) is 0.278. The van der Waals surface area contributed by atoms with E-state index in [1.807, 2.05) is 23.1 Å². The van der Waals surface area contributed by atoms with Crippen LogP contribution in [0, 0.1) is 23.1 Å².